The predicted octanol–water partition coefficient (Wildman–Crippen LogP) is 3.24. The molecular weight excluding hydrogens is 395 g/mol. The molecule has 0 aliphatic heterocycles. The number of nitrogens with zero attached hydrogens (tertiary/aromatic N) is 2. The van der Waals surface area contributed by atoms with Gasteiger partial charge in [0.05, 0.1) is 16.6 Å². The van der Waals surface area contributed by atoms with Crippen LogP contribution in [0, 0.1) is 0 Å². The van der Waals surface area contributed by atoms with E-state index in [4.69, 9.17) is 0 Å². The number of hydrogen-bond acceptors (Lipinski definition) is 4. The lowest BCUT2D eigenvalue weighted by Gasteiger charge is -2.11. The number of nitrogens with one attached hydrogen (secondary N) is 1. The molecule has 0 unspecified atom stereocenters. The van der Waals surface area contributed by atoms with E-state index in [1.165, 1.54) is 4.57 Å². The molecule has 0 spiro atoms. The maximum Gasteiger partial charge on any atom is 0.416 e. The van der Waals surface area contributed by atoms with Crippen molar-refractivity contribution in [3.63, 3.8) is 0 Å². The number of rotatable bonds is 5. The SMILES string of the molecule is CS(=O)(=O)Cc1nc2ccccc2n1CC(=O)Nc1ccc(C(F)(F)F)cc1. The molecule has 0 aliphatic carbocycles. The van der Waals surface area contributed by atoms with E-state index in [2.05, 4.69) is 10.3 Å². The van der Waals surface area contributed by atoms with E-state index in [1.54, 1.807) is 24.3 Å². The van der Waals surface area contributed by atoms with Crippen LogP contribution in [0.5, 0.6) is 0 Å². The molecule has 0 aliphatic rings. The molecule has 148 valence electrons. The fraction of sp³-hybridized carbons (Fsp3) is 0.222. The summed E-state index contributed by atoms with van der Waals surface area (Å²) >= 11 is 0. The Balaban J connectivity index is 1.83. The summed E-state index contributed by atoms with van der Waals surface area (Å²) in [5, 5.41) is 2.51. The number of hydrogen-bond donors (Lipinski definition) is 1. The highest BCUT2D eigenvalue weighted by Crippen LogP contribution is 2.29. The second-order valence-electron chi connectivity index (χ2n) is 6.30. The van der Waals surface area contributed by atoms with Crippen LogP contribution in [0.2, 0.25) is 0 Å². The number of carbonyl (C=O) groups excluding carboxylic acids is 1. The quantitative estimate of drug-likeness (QED) is 0.699. The number of aromatic nitrogens is 2. The Morgan fingerprint density at radius 2 is 1.75 bits per heavy atom. The Kier molecular flexibility index (Phi) is 5.16. The van der Waals surface area contributed by atoms with Crippen molar-refractivity contribution < 1.29 is 26.4 Å². The fourth-order valence-electron chi connectivity index (χ4n) is 2.73. The molecule has 1 heterocycles. The Morgan fingerprint density at radius 1 is 1.11 bits per heavy atom. The summed E-state index contributed by atoms with van der Waals surface area (Å²) in [5.41, 5.74) is 0.515. The maximum atomic E-state index is 12.6. The third-order valence-electron chi connectivity index (χ3n) is 3.92. The molecule has 2 aromatic carbocycles. The normalized spacial score (nSPS) is 12.3. The van der Waals surface area contributed by atoms with Crippen molar-refractivity contribution in [2.75, 3.05) is 11.6 Å². The number of imidazole rings is 1. The number of alkyl halides is 3. The van der Waals surface area contributed by atoms with Crippen LogP contribution >= 0.6 is 0 Å². The predicted molar refractivity (Wildman–Crippen MR) is 98.4 cm³/mol. The zero-order chi connectivity index (χ0) is 20.5. The summed E-state index contributed by atoms with van der Waals surface area (Å²) < 4.78 is 62.7. The Bertz CT molecular complexity index is 1120. The van der Waals surface area contributed by atoms with Crippen LogP contribution < -0.4 is 5.32 Å². The van der Waals surface area contributed by atoms with Crippen molar-refractivity contribution in [1.82, 2.24) is 9.55 Å². The maximum absolute atomic E-state index is 12.6. The number of benzene rings is 2. The highest BCUT2D eigenvalue weighted by molar-refractivity contribution is 7.89. The van der Waals surface area contributed by atoms with E-state index in [0.29, 0.717) is 11.0 Å². The van der Waals surface area contributed by atoms with Gasteiger partial charge in [0, 0.05) is 11.9 Å². The number of amides is 1. The number of halogens is 3. The van der Waals surface area contributed by atoms with Gasteiger partial charge in [0.25, 0.3) is 0 Å². The lowest BCUT2D eigenvalue weighted by Crippen LogP contribution is -2.21. The fourth-order valence-corrected chi connectivity index (χ4v) is 3.42. The van der Waals surface area contributed by atoms with Gasteiger partial charge in [-0.15, -0.1) is 0 Å². The van der Waals surface area contributed by atoms with Crippen LogP contribution in [0.3, 0.4) is 0 Å². The molecule has 3 rings (SSSR count). The van der Waals surface area contributed by atoms with Crippen LogP contribution in [0.15, 0.2) is 48.5 Å². The molecule has 0 saturated heterocycles. The molecule has 28 heavy (non-hydrogen) atoms. The minimum Gasteiger partial charge on any atom is -0.325 e. The number of carbonyl (C=O) groups is 1. The van der Waals surface area contributed by atoms with Gasteiger partial charge in [-0.25, -0.2) is 13.4 Å². The summed E-state index contributed by atoms with van der Waals surface area (Å²) in [4.78, 5) is 16.7. The third-order valence-corrected chi connectivity index (χ3v) is 4.71. The second kappa shape index (κ2) is 7.27. The number of sulfone groups is 1. The van der Waals surface area contributed by atoms with Gasteiger partial charge in [0.15, 0.2) is 9.84 Å². The second-order valence-corrected chi connectivity index (χ2v) is 8.44. The van der Waals surface area contributed by atoms with E-state index >= 15 is 0 Å². The first-order valence-corrected chi connectivity index (χ1v) is 10.2. The summed E-state index contributed by atoms with van der Waals surface area (Å²) in [6, 6.07) is 10.9. The highest BCUT2D eigenvalue weighted by Gasteiger charge is 2.30. The van der Waals surface area contributed by atoms with Gasteiger partial charge >= 0.3 is 6.18 Å². The standard InChI is InChI=1S/C18H16F3N3O3S/c1-28(26,27)11-16-23-14-4-2-3-5-15(14)24(16)10-17(25)22-13-8-6-12(7-9-13)18(19,20)21/h2-9H,10-11H2,1H3,(H,22,25). The van der Waals surface area contributed by atoms with Crippen LogP contribution in [-0.4, -0.2) is 30.1 Å². The minimum absolute atomic E-state index is 0.201. The van der Waals surface area contributed by atoms with E-state index < -0.39 is 27.5 Å². The van der Waals surface area contributed by atoms with Gasteiger partial charge in [-0.2, -0.15) is 13.2 Å². The lowest BCUT2D eigenvalue weighted by atomic mass is 10.2. The molecule has 0 atom stereocenters. The monoisotopic (exact) mass is 411 g/mol. The van der Waals surface area contributed by atoms with Crippen LogP contribution in [0.4, 0.5) is 18.9 Å². The number of fused-ring (bicyclic) bond motifs is 1. The van der Waals surface area contributed by atoms with E-state index in [-0.39, 0.29) is 23.8 Å². The minimum atomic E-state index is -4.46. The Hall–Kier alpha value is -2.88. The van der Waals surface area contributed by atoms with Crippen LogP contribution in [-0.2, 0) is 33.1 Å². The van der Waals surface area contributed by atoms with E-state index in [1.807, 2.05) is 0 Å². The largest absolute Gasteiger partial charge is 0.416 e. The molecule has 0 bridgehead atoms. The smallest absolute Gasteiger partial charge is 0.325 e. The first-order chi connectivity index (χ1) is 13.0. The van der Waals surface area contributed by atoms with Crippen molar-refractivity contribution >= 4 is 32.5 Å². The molecule has 0 radical (unpaired) electrons. The highest BCUT2D eigenvalue weighted by atomic mass is 32.2. The molecule has 6 nitrogen and oxygen atoms in total. The molecule has 0 fully saturated rings. The topological polar surface area (TPSA) is 81.1 Å². The van der Waals surface area contributed by atoms with Gasteiger partial charge in [-0.1, -0.05) is 12.1 Å². The number of anilines is 1. The van der Waals surface area contributed by atoms with Crippen molar-refractivity contribution in [3.05, 3.63) is 59.9 Å². The number of para-hydroxylation sites is 2. The molecule has 1 amide bonds. The summed E-state index contributed by atoms with van der Waals surface area (Å²) in [7, 11) is -3.38. The molecule has 3 aromatic rings. The van der Waals surface area contributed by atoms with Crippen molar-refractivity contribution in [2.24, 2.45) is 0 Å². The summed E-state index contributed by atoms with van der Waals surface area (Å²) in [5.74, 6) is -0.640. The first-order valence-electron chi connectivity index (χ1n) is 8.12. The average Bonchev–Trinajstić information content (AvgIpc) is 2.90. The van der Waals surface area contributed by atoms with E-state index in [9.17, 15) is 26.4 Å². The zero-order valence-corrected chi connectivity index (χ0v) is 15.5. The average molecular weight is 411 g/mol. The van der Waals surface area contributed by atoms with E-state index in [0.717, 1.165) is 30.5 Å². The van der Waals surface area contributed by atoms with Crippen LogP contribution in [0.1, 0.15) is 11.4 Å². The first kappa shape index (κ1) is 19.9. The molecule has 1 aromatic heterocycles. The molecule has 0 saturated carbocycles. The molecule has 1 N–H and O–H groups in total. The van der Waals surface area contributed by atoms with Gasteiger partial charge in [-0.3, -0.25) is 4.79 Å². The Morgan fingerprint density at radius 3 is 2.36 bits per heavy atom. The third kappa shape index (κ3) is 4.69. The van der Waals surface area contributed by atoms with Gasteiger partial charge in [0.1, 0.15) is 18.1 Å². The van der Waals surface area contributed by atoms with Crippen molar-refractivity contribution in [2.45, 2.75) is 18.5 Å². The van der Waals surface area contributed by atoms with Gasteiger partial charge in [-0.05, 0) is 36.4 Å². The van der Waals surface area contributed by atoms with Crippen molar-refractivity contribution in [1.29, 1.82) is 0 Å². The Labute approximate surface area is 158 Å². The van der Waals surface area contributed by atoms with Crippen LogP contribution in [0.25, 0.3) is 11.0 Å². The van der Waals surface area contributed by atoms with Gasteiger partial charge in [0.2, 0.25) is 5.91 Å². The molecular formula is C18H16F3N3O3S. The zero-order valence-electron chi connectivity index (χ0n) is 14.7. The van der Waals surface area contributed by atoms with Crippen molar-refractivity contribution in [3.8, 4) is 0 Å². The summed E-state index contributed by atoms with van der Waals surface area (Å²) in [6.45, 7) is -0.230. The lowest BCUT2D eigenvalue weighted by molar-refractivity contribution is -0.137. The van der Waals surface area contributed by atoms with Gasteiger partial charge < -0.3 is 9.88 Å². The summed E-state index contributed by atoms with van der Waals surface area (Å²) in [6.07, 6.45) is -3.39. The molecule has 10 heteroatoms.